The van der Waals surface area contributed by atoms with Crippen molar-refractivity contribution in [2.24, 2.45) is 0 Å². The van der Waals surface area contributed by atoms with Crippen molar-refractivity contribution in [1.29, 1.82) is 0 Å². The van der Waals surface area contributed by atoms with Gasteiger partial charge in [0.1, 0.15) is 76.7 Å². The Morgan fingerprint density at radius 2 is 1.55 bits per heavy atom. The van der Waals surface area contributed by atoms with E-state index in [1.807, 2.05) is 0 Å². The van der Waals surface area contributed by atoms with Gasteiger partial charge in [-0.15, -0.1) is 0 Å². The van der Waals surface area contributed by atoms with Crippen LogP contribution < -0.4 is 5.43 Å². The lowest BCUT2D eigenvalue weighted by molar-refractivity contribution is -0.232. The molecule has 3 aromatic rings. The van der Waals surface area contributed by atoms with E-state index >= 15 is 0 Å². The highest BCUT2D eigenvalue weighted by Gasteiger charge is 2.52. The highest BCUT2D eigenvalue weighted by Crippen LogP contribution is 2.51. The summed E-state index contributed by atoms with van der Waals surface area (Å²) in [5.41, 5.74) is -4.34. The van der Waals surface area contributed by atoms with Crippen LogP contribution in [-0.4, -0.2) is 107 Å². The summed E-state index contributed by atoms with van der Waals surface area (Å²) in [7, 11) is 0. The smallest absolute Gasteiger partial charge is 0.197 e. The molecule has 2 fully saturated rings. The third-order valence-electron chi connectivity index (χ3n) is 7.43. The molecular weight excluding hydrogens is 536 g/mol. The quantitative estimate of drug-likeness (QED) is 0.165. The fourth-order valence-corrected chi connectivity index (χ4v) is 5.12. The topological polar surface area (TPSA) is 251 Å². The molecule has 0 bridgehead atoms. The van der Waals surface area contributed by atoms with Gasteiger partial charge < -0.3 is 65.0 Å². The number of rotatable bonds is 5. The number of phenolic OH excluding ortho intramolecular Hbond substituents is 3. The van der Waals surface area contributed by atoms with E-state index in [1.165, 1.54) is 24.3 Å². The van der Waals surface area contributed by atoms with Gasteiger partial charge in [0.15, 0.2) is 11.0 Å². The second-order valence-electron chi connectivity index (χ2n) is 9.94. The van der Waals surface area contributed by atoms with E-state index in [4.69, 9.17) is 13.9 Å². The predicted octanol–water partition coefficient (Wildman–Crippen LogP) is -1.75. The van der Waals surface area contributed by atoms with Gasteiger partial charge in [0.25, 0.3) is 0 Å². The molecule has 0 aliphatic carbocycles. The molecule has 2 aliphatic heterocycles. The third kappa shape index (κ3) is 4.30. The Kier molecular flexibility index (Phi) is 7.24. The van der Waals surface area contributed by atoms with Gasteiger partial charge in [-0.3, -0.25) is 4.79 Å². The first-order valence-corrected chi connectivity index (χ1v) is 12.2. The molecular formula is C26H28O14. The summed E-state index contributed by atoms with van der Waals surface area (Å²) in [5.74, 6) is -2.01. The van der Waals surface area contributed by atoms with Crippen LogP contribution in [0, 0.1) is 0 Å². The van der Waals surface area contributed by atoms with Gasteiger partial charge >= 0.3 is 0 Å². The molecule has 10 N–H and O–H groups in total. The number of fused-ring (bicyclic) bond motifs is 1. The Labute approximate surface area is 224 Å². The first-order valence-electron chi connectivity index (χ1n) is 12.2. The maximum absolute atomic E-state index is 13.4. The number of phenols is 3. The molecule has 40 heavy (non-hydrogen) atoms. The summed E-state index contributed by atoms with van der Waals surface area (Å²) in [4.78, 5) is 13.4. The van der Waals surface area contributed by atoms with Gasteiger partial charge in [-0.25, -0.2) is 0 Å². The van der Waals surface area contributed by atoms with Crippen LogP contribution in [-0.2, 0) is 9.47 Å². The molecule has 14 heteroatoms. The molecule has 3 heterocycles. The minimum Gasteiger partial charge on any atom is -0.508 e. The van der Waals surface area contributed by atoms with Crippen molar-refractivity contribution in [3.8, 4) is 28.6 Å². The van der Waals surface area contributed by atoms with Crippen LogP contribution >= 0.6 is 0 Å². The second-order valence-corrected chi connectivity index (χ2v) is 9.94. The standard InChI is InChI=1S/C26H28O14/c27-6-13-17(31)20(34)21(35)23(40-13)15-18(32)14-11(30)5-12(9-1-3-10(29)4-2-9)39-22(14)16(19(15)33)24-25(36)26(37,7-28)8-38-24/h1-5,13,17,20-21,23-25,27-29,31-37H,6-8H2/t13-,17-,20-,21-,23+,24+,25+,26-/m1/s1. The largest absolute Gasteiger partial charge is 0.508 e. The van der Waals surface area contributed by atoms with Crippen molar-refractivity contribution in [2.75, 3.05) is 19.8 Å². The number of hydrogen-bond donors (Lipinski definition) is 10. The monoisotopic (exact) mass is 564 g/mol. The van der Waals surface area contributed by atoms with Gasteiger partial charge in [-0.1, -0.05) is 0 Å². The van der Waals surface area contributed by atoms with E-state index < -0.39 is 107 Å². The van der Waals surface area contributed by atoms with Crippen LogP contribution in [0.3, 0.4) is 0 Å². The molecule has 2 aromatic carbocycles. The first kappa shape index (κ1) is 28.2. The molecule has 0 radical (unpaired) electrons. The van der Waals surface area contributed by atoms with E-state index in [1.54, 1.807) is 0 Å². The third-order valence-corrected chi connectivity index (χ3v) is 7.43. The fraction of sp³-hybridized carbons (Fsp3) is 0.423. The fourth-order valence-electron chi connectivity index (χ4n) is 5.12. The molecule has 8 atom stereocenters. The van der Waals surface area contributed by atoms with E-state index in [0.29, 0.717) is 5.56 Å². The van der Waals surface area contributed by atoms with Crippen LogP contribution in [0.1, 0.15) is 23.3 Å². The van der Waals surface area contributed by atoms with Crippen molar-refractivity contribution in [3.63, 3.8) is 0 Å². The normalized spacial score (nSPS) is 32.5. The van der Waals surface area contributed by atoms with E-state index in [-0.39, 0.29) is 11.5 Å². The van der Waals surface area contributed by atoms with Crippen LogP contribution in [0.4, 0.5) is 0 Å². The first-order chi connectivity index (χ1) is 18.9. The molecule has 0 unspecified atom stereocenters. The second kappa shape index (κ2) is 10.3. The Bertz CT molecular complexity index is 1470. The molecule has 2 aliphatic rings. The number of aliphatic hydroxyl groups excluding tert-OH is 6. The Morgan fingerprint density at radius 3 is 2.15 bits per heavy atom. The number of aromatic hydroxyl groups is 3. The van der Waals surface area contributed by atoms with Gasteiger partial charge in [-0.05, 0) is 24.3 Å². The summed E-state index contributed by atoms with van der Waals surface area (Å²) < 4.78 is 16.9. The molecule has 0 amide bonds. The van der Waals surface area contributed by atoms with E-state index in [2.05, 4.69) is 0 Å². The predicted molar refractivity (Wildman–Crippen MR) is 132 cm³/mol. The molecule has 0 spiro atoms. The summed E-state index contributed by atoms with van der Waals surface area (Å²) >= 11 is 0. The minimum absolute atomic E-state index is 0.0715. The SMILES string of the molecule is O=c1cc(-c2ccc(O)cc2)oc2c([C@@H]3OC[C@](O)(CO)[C@H]3O)c(O)c([C@@H]3O[C@H](CO)[C@@H](O)[C@@H](O)[C@H]3O)c(O)c12. The lowest BCUT2D eigenvalue weighted by Gasteiger charge is -2.40. The molecule has 2 saturated heterocycles. The number of ether oxygens (including phenoxy) is 2. The summed E-state index contributed by atoms with van der Waals surface area (Å²) in [6.45, 7) is -2.37. The molecule has 5 rings (SSSR count). The minimum atomic E-state index is -2.18. The lowest BCUT2D eigenvalue weighted by atomic mass is 9.86. The number of benzene rings is 2. The summed E-state index contributed by atoms with van der Waals surface area (Å²) in [6, 6.07) is 6.49. The lowest BCUT2D eigenvalue weighted by Crippen LogP contribution is -2.55. The Morgan fingerprint density at radius 1 is 0.875 bits per heavy atom. The van der Waals surface area contributed by atoms with Crippen molar-refractivity contribution in [3.05, 3.63) is 51.7 Å². The van der Waals surface area contributed by atoms with E-state index in [9.17, 15) is 55.9 Å². The van der Waals surface area contributed by atoms with Gasteiger partial charge in [0.2, 0.25) is 0 Å². The maximum Gasteiger partial charge on any atom is 0.197 e. The molecule has 14 nitrogen and oxygen atoms in total. The van der Waals surface area contributed by atoms with Crippen molar-refractivity contribution in [1.82, 2.24) is 0 Å². The van der Waals surface area contributed by atoms with Gasteiger partial charge in [0, 0.05) is 11.6 Å². The van der Waals surface area contributed by atoms with E-state index in [0.717, 1.165) is 6.07 Å². The number of hydrogen-bond acceptors (Lipinski definition) is 14. The highest BCUT2D eigenvalue weighted by atomic mass is 16.6. The van der Waals surface area contributed by atoms with Crippen LogP contribution in [0.2, 0.25) is 0 Å². The summed E-state index contributed by atoms with van der Waals surface area (Å²) in [6.07, 6.45) is -12.4. The zero-order valence-corrected chi connectivity index (χ0v) is 20.7. The summed E-state index contributed by atoms with van der Waals surface area (Å²) in [5, 5.41) is 104. The average Bonchev–Trinajstić information content (AvgIpc) is 3.22. The van der Waals surface area contributed by atoms with Crippen LogP contribution in [0.25, 0.3) is 22.3 Å². The average molecular weight is 564 g/mol. The Balaban J connectivity index is 1.80. The van der Waals surface area contributed by atoms with Gasteiger partial charge in [-0.2, -0.15) is 0 Å². The van der Waals surface area contributed by atoms with Crippen molar-refractivity contribution in [2.45, 2.75) is 48.3 Å². The zero-order chi connectivity index (χ0) is 29.1. The molecule has 216 valence electrons. The molecule has 0 saturated carbocycles. The number of aliphatic hydroxyl groups is 7. The zero-order valence-electron chi connectivity index (χ0n) is 20.7. The highest BCUT2D eigenvalue weighted by molar-refractivity contribution is 5.92. The molecule has 1 aromatic heterocycles. The van der Waals surface area contributed by atoms with Crippen molar-refractivity contribution < 1.29 is 65.0 Å². The van der Waals surface area contributed by atoms with Gasteiger partial charge in [0.05, 0.1) is 30.9 Å². The Hall–Kier alpha value is -3.31. The van der Waals surface area contributed by atoms with Crippen LogP contribution in [0.15, 0.2) is 39.5 Å². The van der Waals surface area contributed by atoms with Crippen LogP contribution in [0.5, 0.6) is 17.2 Å². The van der Waals surface area contributed by atoms with Crippen molar-refractivity contribution >= 4 is 11.0 Å². The maximum atomic E-state index is 13.4.